The first-order chi connectivity index (χ1) is 6.77. The van der Waals surface area contributed by atoms with Crippen LogP contribution >= 0.6 is 0 Å². The number of hydrogen-bond donors (Lipinski definition) is 1. The van der Waals surface area contributed by atoms with E-state index in [1.165, 1.54) is 0 Å². The summed E-state index contributed by atoms with van der Waals surface area (Å²) < 4.78 is 38.0. The molecule has 1 unspecified atom stereocenters. The van der Waals surface area contributed by atoms with Crippen molar-refractivity contribution in [3.05, 3.63) is 0 Å². The number of halogens is 3. The lowest BCUT2D eigenvalue weighted by Crippen LogP contribution is -2.58. The Morgan fingerprint density at radius 2 is 1.80 bits per heavy atom. The minimum atomic E-state index is -4.79. The van der Waals surface area contributed by atoms with Gasteiger partial charge in [-0.1, -0.05) is 0 Å². The van der Waals surface area contributed by atoms with Crippen LogP contribution in [0.15, 0.2) is 0 Å². The zero-order valence-electron chi connectivity index (χ0n) is 8.47. The number of hydrogen-bond acceptors (Lipinski definition) is 3. The third kappa shape index (κ3) is 2.49. The van der Waals surface area contributed by atoms with Crippen LogP contribution in [-0.4, -0.2) is 40.8 Å². The average Bonchev–Trinajstić information content (AvgIpc) is 2.51. The molecule has 0 aliphatic carbocycles. The Hall–Kier alpha value is -0.620. The molecule has 0 aromatic heterocycles. The van der Waals surface area contributed by atoms with Gasteiger partial charge in [0.2, 0.25) is 5.72 Å². The summed E-state index contributed by atoms with van der Waals surface area (Å²) in [6.45, 7) is 1.42. The number of aliphatic hydroxyl groups is 1. The molecule has 1 aliphatic rings. The molecule has 1 aliphatic heterocycles. The molecular weight excluding hydrogens is 211 g/mol. The Morgan fingerprint density at radius 1 is 1.33 bits per heavy atom. The predicted molar refractivity (Wildman–Crippen MR) is 47.1 cm³/mol. The molecule has 15 heavy (non-hydrogen) atoms. The largest absolute Gasteiger partial charge is 0.431 e. The normalized spacial score (nSPS) is 22.7. The van der Waals surface area contributed by atoms with Crippen molar-refractivity contribution in [3.8, 4) is 0 Å². The van der Waals surface area contributed by atoms with Gasteiger partial charge in [0.15, 0.2) is 0 Å². The standard InChI is InChI=1S/C9H14F3NO2/c1-7(14)6-8(15,9(10,11)12)13-4-2-3-5-13/h15H,2-6H2,1H3. The summed E-state index contributed by atoms with van der Waals surface area (Å²) in [5.41, 5.74) is -2.98. The summed E-state index contributed by atoms with van der Waals surface area (Å²) in [5.74, 6) is -0.665. The molecule has 0 spiro atoms. The van der Waals surface area contributed by atoms with Crippen molar-refractivity contribution in [1.29, 1.82) is 0 Å². The second-order valence-corrected chi connectivity index (χ2v) is 3.89. The van der Waals surface area contributed by atoms with E-state index in [2.05, 4.69) is 0 Å². The van der Waals surface area contributed by atoms with E-state index in [0.29, 0.717) is 12.8 Å². The van der Waals surface area contributed by atoms with Crippen molar-refractivity contribution >= 4 is 5.78 Å². The highest BCUT2D eigenvalue weighted by Gasteiger charge is 2.58. The second-order valence-electron chi connectivity index (χ2n) is 3.89. The number of Topliss-reactive ketones (excluding diaryl/α,β-unsaturated/α-hetero) is 1. The van der Waals surface area contributed by atoms with Gasteiger partial charge in [-0.15, -0.1) is 0 Å². The molecule has 0 amide bonds. The van der Waals surface area contributed by atoms with E-state index in [-0.39, 0.29) is 13.1 Å². The maximum absolute atomic E-state index is 12.7. The van der Waals surface area contributed by atoms with E-state index in [1.54, 1.807) is 0 Å². The van der Waals surface area contributed by atoms with Gasteiger partial charge in [-0.05, 0) is 19.8 Å². The number of nitrogens with zero attached hydrogens (tertiary/aromatic N) is 1. The lowest BCUT2D eigenvalue weighted by atomic mass is 10.1. The molecular formula is C9H14F3NO2. The molecule has 3 nitrogen and oxygen atoms in total. The summed E-state index contributed by atoms with van der Waals surface area (Å²) in [6.07, 6.45) is -4.44. The van der Waals surface area contributed by atoms with E-state index in [0.717, 1.165) is 11.8 Å². The summed E-state index contributed by atoms with van der Waals surface area (Å²) >= 11 is 0. The van der Waals surface area contributed by atoms with Crippen LogP contribution in [0.1, 0.15) is 26.2 Å². The molecule has 1 fully saturated rings. The van der Waals surface area contributed by atoms with E-state index >= 15 is 0 Å². The molecule has 1 N–H and O–H groups in total. The first kappa shape index (κ1) is 12.4. The van der Waals surface area contributed by atoms with E-state index in [9.17, 15) is 23.1 Å². The van der Waals surface area contributed by atoms with Crippen molar-refractivity contribution in [2.45, 2.75) is 38.1 Å². The summed E-state index contributed by atoms with van der Waals surface area (Å²) in [5, 5.41) is 9.60. The van der Waals surface area contributed by atoms with Crippen LogP contribution in [0.5, 0.6) is 0 Å². The quantitative estimate of drug-likeness (QED) is 0.787. The molecule has 1 saturated heterocycles. The Balaban J connectivity index is 2.89. The maximum Gasteiger partial charge on any atom is 0.431 e. The minimum Gasteiger partial charge on any atom is -0.367 e. The van der Waals surface area contributed by atoms with Crippen molar-refractivity contribution < 1.29 is 23.1 Å². The molecule has 0 radical (unpaired) electrons. The Labute approximate surface area is 85.9 Å². The van der Waals surface area contributed by atoms with E-state index in [4.69, 9.17) is 0 Å². The number of alkyl halides is 3. The van der Waals surface area contributed by atoms with Crippen LogP contribution < -0.4 is 0 Å². The molecule has 6 heteroatoms. The van der Waals surface area contributed by atoms with Gasteiger partial charge in [0.1, 0.15) is 5.78 Å². The van der Waals surface area contributed by atoms with Crippen molar-refractivity contribution in [2.24, 2.45) is 0 Å². The first-order valence-electron chi connectivity index (χ1n) is 4.81. The van der Waals surface area contributed by atoms with Crippen LogP contribution in [0.25, 0.3) is 0 Å². The smallest absolute Gasteiger partial charge is 0.367 e. The van der Waals surface area contributed by atoms with E-state index in [1.807, 2.05) is 0 Å². The fraction of sp³-hybridized carbons (Fsp3) is 0.889. The zero-order chi connectivity index (χ0) is 11.7. The lowest BCUT2D eigenvalue weighted by molar-refractivity contribution is -0.312. The van der Waals surface area contributed by atoms with Crippen molar-refractivity contribution in [3.63, 3.8) is 0 Å². The highest BCUT2D eigenvalue weighted by atomic mass is 19.4. The maximum atomic E-state index is 12.7. The molecule has 1 rings (SSSR count). The molecule has 0 saturated carbocycles. The number of likely N-dealkylation sites (tertiary alicyclic amines) is 1. The highest BCUT2D eigenvalue weighted by Crippen LogP contribution is 2.38. The Bertz CT molecular complexity index is 248. The van der Waals surface area contributed by atoms with Crippen LogP contribution in [0, 0.1) is 0 Å². The monoisotopic (exact) mass is 225 g/mol. The van der Waals surface area contributed by atoms with Crippen LogP contribution in [0.2, 0.25) is 0 Å². The SMILES string of the molecule is CC(=O)CC(O)(N1CCCC1)C(F)(F)F. The minimum absolute atomic E-state index is 0.184. The van der Waals surface area contributed by atoms with Gasteiger partial charge in [-0.25, -0.2) is 0 Å². The summed E-state index contributed by atoms with van der Waals surface area (Å²) in [4.78, 5) is 11.7. The Kier molecular flexibility index (Phi) is 3.40. The van der Waals surface area contributed by atoms with Gasteiger partial charge >= 0.3 is 6.18 Å². The van der Waals surface area contributed by atoms with Gasteiger partial charge in [0, 0.05) is 13.1 Å². The van der Waals surface area contributed by atoms with Gasteiger partial charge in [0.05, 0.1) is 6.42 Å². The number of rotatable bonds is 3. The van der Waals surface area contributed by atoms with E-state index < -0.39 is 24.1 Å². The average molecular weight is 225 g/mol. The fourth-order valence-electron chi connectivity index (χ4n) is 1.83. The molecule has 88 valence electrons. The first-order valence-corrected chi connectivity index (χ1v) is 4.81. The molecule has 1 atom stereocenters. The summed E-state index contributed by atoms with van der Waals surface area (Å²) in [7, 11) is 0. The fourth-order valence-corrected chi connectivity index (χ4v) is 1.83. The zero-order valence-corrected chi connectivity index (χ0v) is 8.47. The number of ketones is 1. The Morgan fingerprint density at radius 3 is 2.13 bits per heavy atom. The predicted octanol–water partition coefficient (Wildman–Crippen LogP) is 1.31. The molecule has 0 aromatic carbocycles. The van der Waals surface area contributed by atoms with Gasteiger partial charge in [0.25, 0.3) is 0 Å². The van der Waals surface area contributed by atoms with Crippen molar-refractivity contribution in [2.75, 3.05) is 13.1 Å². The van der Waals surface area contributed by atoms with Crippen LogP contribution in [0.4, 0.5) is 13.2 Å². The van der Waals surface area contributed by atoms with Gasteiger partial charge in [-0.3, -0.25) is 9.69 Å². The second kappa shape index (κ2) is 4.09. The van der Waals surface area contributed by atoms with Gasteiger partial charge < -0.3 is 5.11 Å². The number of carbonyl (C=O) groups excluding carboxylic acids is 1. The molecule has 1 heterocycles. The third-order valence-electron chi connectivity index (χ3n) is 2.58. The highest BCUT2D eigenvalue weighted by molar-refractivity contribution is 5.76. The molecule has 0 bridgehead atoms. The lowest BCUT2D eigenvalue weighted by Gasteiger charge is -2.37. The van der Waals surface area contributed by atoms with Gasteiger partial charge in [-0.2, -0.15) is 13.2 Å². The molecule has 0 aromatic rings. The summed E-state index contributed by atoms with van der Waals surface area (Å²) in [6, 6.07) is 0. The van der Waals surface area contributed by atoms with Crippen molar-refractivity contribution in [1.82, 2.24) is 4.90 Å². The number of carbonyl (C=O) groups is 1. The third-order valence-corrected chi connectivity index (χ3v) is 2.58. The topological polar surface area (TPSA) is 40.5 Å². The van der Waals surface area contributed by atoms with Crippen LogP contribution in [-0.2, 0) is 4.79 Å². The van der Waals surface area contributed by atoms with Crippen LogP contribution in [0.3, 0.4) is 0 Å².